The summed E-state index contributed by atoms with van der Waals surface area (Å²) >= 11 is 0. The summed E-state index contributed by atoms with van der Waals surface area (Å²) in [6.07, 6.45) is 0.985. The van der Waals surface area contributed by atoms with E-state index in [0.29, 0.717) is 12.4 Å². The number of amides is 1. The maximum absolute atomic E-state index is 11.9. The maximum atomic E-state index is 11.9. The van der Waals surface area contributed by atoms with Gasteiger partial charge in [0.25, 0.3) is 5.91 Å². The van der Waals surface area contributed by atoms with E-state index < -0.39 is 0 Å². The molecule has 0 unspecified atom stereocenters. The fourth-order valence-electron chi connectivity index (χ4n) is 2.26. The lowest BCUT2D eigenvalue weighted by atomic mass is 10.2. The predicted molar refractivity (Wildman–Crippen MR) is 95.6 cm³/mol. The Balaban J connectivity index is 1.72. The van der Waals surface area contributed by atoms with Crippen molar-refractivity contribution in [3.8, 4) is 11.5 Å². The number of rotatable bonds is 8. The summed E-state index contributed by atoms with van der Waals surface area (Å²) in [6, 6.07) is 15.5. The fraction of sp³-hybridized carbons (Fsp3) is 0.350. The van der Waals surface area contributed by atoms with E-state index in [-0.39, 0.29) is 18.6 Å². The largest absolute Gasteiger partial charge is 0.491 e. The van der Waals surface area contributed by atoms with Gasteiger partial charge in [0.2, 0.25) is 0 Å². The summed E-state index contributed by atoms with van der Waals surface area (Å²) in [5.74, 6) is 1.38. The van der Waals surface area contributed by atoms with Crippen LogP contribution >= 0.6 is 0 Å². The van der Waals surface area contributed by atoms with Crippen molar-refractivity contribution in [3.63, 3.8) is 0 Å². The lowest BCUT2D eigenvalue weighted by Crippen LogP contribution is -2.39. The van der Waals surface area contributed by atoms with Gasteiger partial charge < -0.3 is 14.8 Å². The van der Waals surface area contributed by atoms with Crippen molar-refractivity contribution >= 4 is 5.91 Å². The number of para-hydroxylation sites is 1. The summed E-state index contributed by atoms with van der Waals surface area (Å²) in [5, 5.41) is 2.87. The molecule has 2 aromatic carbocycles. The Morgan fingerprint density at radius 1 is 1.08 bits per heavy atom. The maximum Gasteiger partial charge on any atom is 0.258 e. The average molecular weight is 327 g/mol. The second-order valence-corrected chi connectivity index (χ2v) is 5.83. The first-order valence-corrected chi connectivity index (χ1v) is 8.28. The van der Waals surface area contributed by atoms with Gasteiger partial charge in [-0.2, -0.15) is 0 Å². The molecule has 0 saturated carbocycles. The Hall–Kier alpha value is -2.49. The predicted octanol–water partition coefficient (Wildman–Crippen LogP) is 3.52. The highest BCUT2D eigenvalue weighted by Gasteiger charge is 2.09. The van der Waals surface area contributed by atoms with Crippen LogP contribution in [0.5, 0.6) is 11.5 Å². The van der Waals surface area contributed by atoms with Crippen LogP contribution < -0.4 is 14.8 Å². The highest BCUT2D eigenvalue weighted by molar-refractivity contribution is 5.77. The molecule has 0 radical (unpaired) electrons. The van der Waals surface area contributed by atoms with Crippen LogP contribution in [-0.2, 0) is 11.2 Å². The van der Waals surface area contributed by atoms with Crippen molar-refractivity contribution in [2.24, 2.45) is 0 Å². The van der Waals surface area contributed by atoms with Crippen molar-refractivity contribution in [2.75, 3.05) is 13.2 Å². The van der Waals surface area contributed by atoms with Crippen molar-refractivity contribution < 1.29 is 14.3 Å². The van der Waals surface area contributed by atoms with Crippen LogP contribution in [0.2, 0.25) is 0 Å². The van der Waals surface area contributed by atoms with Gasteiger partial charge in [-0.1, -0.05) is 37.3 Å². The van der Waals surface area contributed by atoms with Crippen LogP contribution in [0.3, 0.4) is 0 Å². The van der Waals surface area contributed by atoms with Crippen LogP contribution in [0, 0.1) is 6.92 Å². The van der Waals surface area contributed by atoms with Crippen LogP contribution in [0.25, 0.3) is 0 Å². The highest BCUT2D eigenvalue weighted by atomic mass is 16.5. The first-order valence-electron chi connectivity index (χ1n) is 8.28. The Morgan fingerprint density at radius 2 is 1.79 bits per heavy atom. The van der Waals surface area contributed by atoms with Crippen molar-refractivity contribution in [1.29, 1.82) is 0 Å². The van der Waals surface area contributed by atoms with Crippen LogP contribution in [0.4, 0.5) is 0 Å². The molecule has 0 spiro atoms. The van der Waals surface area contributed by atoms with E-state index in [0.717, 1.165) is 17.7 Å². The second-order valence-electron chi connectivity index (χ2n) is 5.83. The summed E-state index contributed by atoms with van der Waals surface area (Å²) in [6.45, 7) is 6.42. The van der Waals surface area contributed by atoms with Gasteiger partial charge in [-0.05, 0) is 49.6 Å². The third kappa shape index (κ3) is 5.61. The Labute approximate surface area is 143 Å². The van der Waals surface area contributed by atoms with Gasteiger partial charge in [0, 0.05) is 0 Å². The minimum Gasteiger partial charge on any atom is -0.491 e. The molecule has 1 atom stereocenters. The molecule has 0 aromatic heterocycles. The van der Waals surface area contributed by atoms with Crippen molar-refractivity contribution in [3.05, 3.63) is 59.7 Å². The molecule has 1 amide bonds. The van der Waals surface area contributed by atoms with Gasteiger partial charge in [-0.15, -0.1) is 0 Å². The average Bonchev–Trinajstić information content (AvgIpc) is 2.59. The van der Waals surface area contributed by atoms with Gasteiger partial charge in [-0.3, -0.25) is 4.79 Å². The second kappa shape index (κ2) is 8.96. The standard InChI is InChI=1S/C20H25NO3/c1-4-17-9-11-18(12-10-17)23-14-20(22)21-16(3)13-24-19-8-6-5-7-15(19)2/h5-12,16H,4,13-14H2,1-3H3,(H,21,22)/t16-/m0/s1. The zero-order valence-electron chi connectivity index (χ0n) is 14.5. The van der Waals surface area contributed by atoms with Gasteiger partial charge in [0.05, 0.1) is 6.04 Å². The quantitative estimate of drug-likeness (QED) is 0.807. The van der Waals surface area contributed by atoms with Crippen LogP contribution in [-0.4, -0.2) is 25.2 Å². The minimum absolute atomic E-state index is 0.000175. The molecule has 24 heavy (non-hydrogen) atoms. The normalized spacial score (nSPS) is 11.6. The van der Waals surface area contributed by atoms with Crippen LogP contribution in [0.1, 0.15) is 25.0 Å². The molecule has 2 rings (SSSR count). The van der Waals surface area contributed by atoms with Crippen molar-refractivity contribution in [1.82, 2.24) is 5.32 Å². The molecule has 0 aliphatic carbocycles. The van der Waals surface area contributed by atoms with Gasteiger partial charge in [-0.25, -0.2) is 0 Å². The Kier molecular flexibility index (Phi) is 6.67. The zero-order chi connectivity index (χ0) is 17.4. The zero-order valence-corrected chi connectivity index (χ0v) is 14.5. The van der Waals surface area contributed by atoms with E-state index in [9.17, 15) is 4.79 Å². The van der Waals surface area contributed by atoms with E-state index in [1.54, 1.807) is 0 Å². The summed E-state index contributed by atoms with van der Waals surface area (Å²) < 4.78 is 11.2. The first-order chi connectivity index (χ1) is 11.6. The van der Waals surface area contributed by atoms with Crippen molar-refractivity contribution in [2.45, 2.75) is 33.2 Å². The molecule has 0 bridgehead atoms. The molecule has 0 saturated heterocycles. The molecule has 2 aromatic rings. The molecule has 0 fully saturated rings. The molecular formula is C20H25NO3. The number of nitrogens with one attached hydrogen (secondary N) is 1. The Morgan fingerprint density at radius 3 is 2.46 bits per heavy atom. The molecule has 4 nitrogen and oxygen atoms in total. The van der Waals surface area contributed by atoms with Gasteiger partial charge in [0.15, 0.2) is 6.61 Å². The lowest BCUT2D eigenvalue weighted by molar-refractivity contribution is -0.123. The van der Waals surface area contributed by atoms with Gasteiger partial charge >= 0.3 is 0 Å². The number of benzene rings is 2. The smallest absolute Gasteiger partial charge is 0.258 e. The molecule has 1 N–H and O–H groups in total. The summed E-state index contributed by atoms with van der Waals surface area (Å²) in [7, 11) is 0. The summed E-state index contributed by atoms with van der Waals surface area (Å²) in [5.41, 5.74) is 2.32. The Bertz CT molecular complexity index is 652. The van der Waals surface area contributed by atoms with E-state index in [1.807, 2.05) is 62.4 Å². The third-order valence-corrected chi connectivity index (χ3v) is 3.69. The van der Waals surface area contributed by atoms with E-state index in [4.69, 9.17) is 9.47 Å². The molecule has 0 aliphatic rings. The number of hydrogen-bond acceptors (Lipinski definition) is 3. The molecular weight excluding hydrogens is 302 g/mol. The molecule has 0 aliphatic heterocycles. The van der Waals surface area contributed by atoms with Crippen LogP contribution in [0.15, 0.2) is 48.5 Å². The molecule has 128 valence electrons. The highest BCUT2D eigenvalue weighted by Crippen LogP contribution is 2.16. The first kappa shape index (κ1) is 17.9. The topological polar surface area (TPSA) is 47.6 Å². The summed E-state index contributed by atoms with van der Waals surface area (Å²) in [4.78, 5) is 11.9. The molecule has 0 heterocycles. The van der Waals surface area contributed by atoms with E-state index in [1.165, 1.54) is 5.56 Å². The van der Waals surface area contributed by atoms with E-state index >= 15 is 0 Å². The fourth-order valence-corrected chi connectivity index (χ4v) is 2.26. The number of ether oxygens (including phenoxy) is 2. The SMILES string of the molecule is CCc1ccc(OCC(=O)N[C@@H](C)COc2ccccc2C)cc1. The third-order valence-electron chi connectivity index (χ3n) is 3.69. The number of aryl methyl sites for hydroxylation is 2. The number of hydrogen-bond donors (Lipinski definition) is 1. The molecule has 4 heteroatoms. The van der Waals surface area contributed by atoms with Gasteiger partial charge in [0.1, 0.15) is 18.1 Å². The number of carbonyl (C=O) groups excluding carboxylic acids is 1. The monoisotopic (exact) mass is 327 g/mol. The minimum atomic E-state index is -0.157. The number of carbonyl (C=O) groups is 1. The lowest BCUT2D eigenvalue weighted by Gasteiger charge is -2.16. The van der Waals surface area contributed by atoms with E-state index in [2.05, 4.69) is 12.2 Å².